The first-order valence-corrected chi connectivity index (χ1v) is 7.67. The van der Waals surface area contributed by atoms with Gasteiger partial charge in [-0.3, -0.25) is 4.79 Å². The van der Waals surface area contributed by atoms with Gasteiger partial charge >= 0.3 is 0 Å². The number of aromatic nitrogens is 1. The maximum atomic E-state index is 12.6. The van der Waals surface area contributed by atoms with Crippen molar-refractivity contribution in [1.82, 2.24) is 4.98 Å². The Morgan fingerprint density at radius 1 is 1.10 bits per heavy atom. The SMILES string of the molecule is CCc1ccc(C(=O)c2nc3ccccc3cc2Br)cc1. The Hall–Kier alpha value is -2.00. The molecule has 0 aliphatic heterocycles. The summed E-state index contributed by atoms with van der Waals surface area (Å²) in [7, 11) is 0. The molecule has 0 amide bonds. The highest BCUT2D eigenvalue weighted by atomic mass is 79.9. The Bertz CT molecular complexity index is 809. The van der Waals surface area contributed by atoms with Crippen LogP contribution in [0.3, 0.4) is 0 Å². The molecule has 0 unspecified atom stereocenters. The van der Waals surface area contributed by atoms with Gasteiger partial charge in [0.2, 0.25) is 5.78 Å². The zero-order valence-corrected chi connectivity index (χ0v) is 13.2. The van der Waals surface area contributed by atoms with E-state index in [-0.39, 0.29) is 5.78 Å². The van der Waals surface area contributed by atoms with Crippen LogP contribution in [0.1, 0.15) is 28.5 Å². The Morgan fingerprint density at radius 3 is 2.52 bits per heavy atom. The highest BCUT2D eigenvalue weighted by Crippen LogP contribution is 2.23. The number of ketones is 1. The summed E-state index contributed by atoms with van der Waals surface area (Å²) in [5.74, 6) is -0.0599. The fourth-order valence-electron chi connectivity index (χ4n) is 2.28. The molecule has 2 nitrogen and oxygen atoms in total. The van der Waals surface area contributed by atoms with Crippen molar-refractivity contribution in [3.8, 4) is 0 Å². The Labute approximate surface area is 132 Å². The van der Waals surface area contributed by atoms with Crippen LogP contribution >= 0.6 is 15.9 Å². The predicted molar refractivity (Wildman–Crippen MR) is 88.7 cm³/mol. The van der Waals surface area contributed by atoms with Crippen LogP contribution in [0.5, 0.6) is 0 Å². The molecule has 0 N–H and O–H groups in total. The van der Waals surface area contributed by atoms with E-state index in [2.05, 4.69) is 27.8 Å². The van der Waals surface area contributed by atoms with Crippen LogP contribution in [-0.2, 0) is 6.42 Å². The van der Waals surface area contributed by atoms with Gasteiger partial charge in [0.1, 0.15) is 5.69 Å². The second-order valence-electron chi connectivity index (χ2n) is 4.89. The molecule has 0 saturated carbocycles. The zero-order valence-electron chi connectivity index (χ0n) is 11.6. The topological polar surface area (TPSA) is 30.0 Å². The molecule has 3 heteroatoms. The normalized spacial score (nSPS) is 10.8. The maximum Gasteiger partial charge on any atom is 0.212 e. The summed E-state index contributed by atoms with van der Waals surface area (Å²) in [6.45, 7) is 2.10. The van der Waals surface area contributed by atoms with E-state index in [0.29, 0.717) is 11.3 Å². The second-order valence-corrected chi connectivity index (χ2v) is 5.75. The van der Waals surface area contributed by atoms with Gasteiger partial charge in [-0.1, -0.05) is 49.4 Å². The first kappa shape index (κ1) is 14.0. The highest BCUT2D eigenvalue weighted by molar-refractivity contribution is 9.10. The van der Waals surface area contributed by atoms with Crippen molar-refractivity contribution >= 4 is 32.6 Å². The number of nitrogens with zero attached hydrogens (tertiary/aromatic N) is 1. The molecule has 0 radical (unpaired) electrons. The third-order valence-corrected chi connectivity index (χ3v) is 4.12. The van der Waals surface area contributed by atoms with Gasteiger partial charge in [0.25, 0.3) is 0 Å². The first-order valence-electron chi connectivity index (χ1n) is 6.88. The number of fused-ring (bicyclic) bond motifs is 1. The van der Waals surface area contributed by atoms with Gasteiger partial charge in [-0.25, -0.2) is 4.98 Å². The molecule has 1 heterocycles. The van der Waals surface area contributed by atoms with Gasteiger partial charge in [0.05, 0.1) is 5.52 Å². The van der Waals surface area contributed by atoms with Crippen LogP contribution in [0.2, 0.25) is 0 Å². The van der Waals surface area contributed by atoms with E-state index in [0.717, 1.165) is 21.8 Å². The number of para-hydroxylation sites is 1. The molecule has 3 aromatic rings. The largest absolute Gasteiger partial charge is 0.287 e. The third-order valence-electron chi connectivity index (χ3n) is 3.52. The third kappa shape index (κ3) is 2.74. The van der Waals surface area contributed by atoms with Crippen LogP contribution in [-0.4, -0.2) is 10.8 Å². The van der Waals surface area contributed by atoms with E-state index < -0.39 is 0 Å². The number of carbonyl (C=O) groups excluding carboxylic acids is 1. The van der Waals surface area contributed by atoms with Crippen molar-refractivity contribution in [3.63, 3.8) is 0 Å². The number of aryl methyl sites for hydroxylation is 1. The number of halogens is 1. The van der Waals surface area contributed by atoms with E-state index in [4.69, 9.17) is 0 Å². The number of rotatable bonds is 3. The molecular formula is C18H14BrNO. The average Bonchev–Trinajstić information content (AvgIpc) is 2.53. The lowest BCUT2D eigenvalue weighted by Crippen LogP contribution is -2.05. The molecule has 1 aromatic heterocycles. The van der Waals surface area contributed by atoms with Crippen molar-refractivity contribution in [2.75, 3.05) is 0 Å². The molecule has 104 valence electrons. The minimum Gasteiger partial charge on any atom is -0.287 e. The maximum absolute atomic E-state index is 12.6. The summed E-state index contributed by atoms with van der Waals surface area (Å²) in [6, 6.07) is 17.4. The van der Waals surface area contributed by atoms with E-state index in [1.807, 2.05) is 54.6 Å². The van der Waals surface area contributed by atoms with Crippen LogP contribution in [0.25, 0.3) is 10.9 Å². The summed E-state index contributed by atoms with van der Waals surface area (Å²) in [6.07, 6.45) is 0.965. The Morgan fingerprint density at radius 2 is 1.81 bits per heavy atom. The summed E-state index contributed by atoms with van der Waals surface area (Å²) in [4.78, 5) is 17.1. The van der Waals surface area contributed by atoms with E-state index in [9.17, 15) is 4.79 Å². The highest BCUT2D eigenvalue weighted by Gasteiger charge is 2.15. The number of benzene rings is 2. The number of carbonyl (C=O) groups is 1. The van der Waals surface area contributed by atoms with Crippen molar-refractivity contribution in [3.05, 3.63) is 75.9 Å². The number of hydrogen-bond acceptors (Lipinski definition) is 2. The summed E-state index contributed by atoms with van der Waals surface area (Å²) >= 11 is 3.46. The van der Waals surface area contributed by atoms with Gasteiger partial charge < -0.3 is 0 Å². The molecule has 0 aliphatic carbocycles. The van der Waals surface area contributed by atoms with Crippen LogP contribution < -0.4 is 0 Å². The van der Waals surface area contributed by atoms with Crippen molar-refractivity contribution in [1.29, 1.82) is 0 Å². The molecule has 0 bridgehead atoms. The number of pyridine rings is 1. The fourth-order valence-corrected chi connectivity index (χ4v) is 2.79. The van der Waals surface area contributed by atoms with Crippen LogP contribution in [0.15, 0.2) is 59.1 Å². The van der Waals surface area contributed by atoms with Crippen LogP contribution in [0.4, 0.5) is 0 Å². The summed E-state index contributed by atoms with van der Waals surface area (Å²) in [5, 5.41) is 1.02. The van der Waals surface area contributed by atoms with Crippen molar-refractivity contribution in [2.24, 2.45) is 0 Å². The lowest BCUT2D eigenvalue weighted by molar-refractivity contribution is 0.103. The predicted octanol–water partition coefficient (Wildman–Crippen LogP) is 4.79. The monoisotopic (exact) mass is 339 g/mol. The first-order chi connectivity index (χ1) is 10.2. The quantitative estimate of drug-likeness (QED) is 0.642. The van der Waals surface area contributed by atoms with Crippen molar-refractivity contribution in [2.45, 2.75) is 13.3 Å². The molecule has 0 saturated heterocycles. The molecule has 3 rings (SSSR count). The fraction of sp³-hybridized carbons (Fsp3) is 0.111. The van der Waals surface area contributed by atoms with Gasteiger partial charge in [0, 0.05) is 15.4 Å². The summed E-state index contributed by atoms with van der Waals surface area (Å²) < 4.78 is 0.728. The Balaban J connectivity index is 2.05. The van der Waals surface area contributed by atoms with Crippen LogP contribution in [0, 0.1) is 0 Å². The van der Waals surface area contributed by atoms with Gasteiger partial charge in [-0.05, 0) is 40.0 Å². The van der Waals surface area contributed by atoms with Gasteiger partial charge in [0.15, 0.2) is 0 Å². The zero-order chi connectivity index (χ0) is 14.8. The standard InChI is InChI=1S/C18H14BrNO/c1-2-12-7-9-13(10-8-12)18(21)17-15(19)11-14-5-3-4-6-16(14)20-17/h3-11H,2H2,1H3. The van der Waals surface area contributed by atoms with E-state index >= 15 is 0 Å². The van der Waals surface area contributed by atoms with Gasteiger partial charge in [-0.2, -0.15) is 0 Å². The molecule has 21 heavy (non-hydrogen) atoms. The summed E-state index contributed by atoms with van der Waals surface area (Å²) in [5.41, 5.74) is 3.17. The molecule has 0 fully saturated rings. The lowest BCUT2D eigenvalue weighted by Gasteiger charge is -2.06. The smallest absolute Gasteiger partial charge is 0.212 e. The van der Waals surface area contributed by atoms with Gasteiger partial charge in [-0.15, -0.1) is 0 Å². The minimum absolute atomic E-state index is 0.0599. The molecular weight excluding hydrogens is 326 g/mol. The molecule has 0 aliphatic rings. The molecule has 0 atom stereocenters. The molecule has 0 spiro atoms. The average molecular weight is 340 g/mol. The van der Waals surface area contributed by atoms with E-state index in [1.54, 1.807) is 0 Å². The Kier molecular flexibility index (Phi) is 3.84. The number of hydrogen-bond donors (Lipinski definition) is 0. The minimum atomic E-state index is -0.0599. The van der Waals surface area contributed by atoms with Crippen molar-refractivity contribution < 1.29 is 4.79 Å². The molecule has 2 aromatic carbocycles. The second kappa shape index (κ2) is 5.78. The lowest BCUT2D eigenvalue weighted by atomic mass is 10.0. The van der Waals surface area contributed by atoms with E-state index in [1.165, 1.54) is 5.56 Å².